The average Bonchev–Trinajstić information content (AvgIpc) is 2.47. The predicted octanol–water partition coefficient (Wildman–Crippen LogP) is 1.38. The van der Waals surface area contributed by atoms with Crippen LogP contribution in [0.1, 0.15) is 20.8 Å². The lowest BCUT2D eigenvalue weighted by atomic mass is 10.2. The lowest BCUT2D eigenvalue weighted by Crippen LogP contribution is -2.44. The second kappa shape index (κ2) is 4.30. The topological polar surface area (TPSA) is 66.8 Å². The molecule has 0 unspecified atom stereocenters. The molecular weight excluding hydrogens is 218 g/mol. The molecule has 0 aromatic carbocycles. The fraction of sp³-hybridized carbons (Fsp3) is 0.778. The number of nitrogens with zero attached hydrogens (tertiary/aromatic N) is 1. The van der Waals surface area contributed by atoms with Crippen molar-refractivity contribution >= 4 is 23.8 Å². The van der Waals surface area contributed by atoms with Crippen molar-refractivity contribution in [2.45, 2.75) is 32.4 Å². The smallest absolute Gasteiger partial charge is 0.411 e. The van der Waals surface area contributed by atoms with Gasteiger partial charge >= 0.3 is 12.1 Å². The first-order valence-corrected chi connectivity index (χ1v) is 5.77. The van der Waals surface area contributed by atoms with Gasteiger partial charge in [-0.1, -0.05) is 0 Å². The minimum atomic E-state index is -0.981. The summed E-state index contributed by atoms with van der Waals surface area (Å²) in [6, 6.07) is -0.759. The number of rotatable bonds is 1. The van der Waals surface area contributed by atoms with Crippen LogP contribution >= 0.6 is 11.8 Å². The van der Waals surface area contributed by atoms with Gasteiger partial charge in [-0.25, -0.2) is 9.59 Å². The third kappa shape index (κ3) is 3.30. The summed E-state index contributed by atoms with van der Waals surface area (Å²) in [4.78, 5) is 23.7. The second-order valence-corrected chi connectivity index (χ2v) is 5.30. The summed E-state index contributed by atoms with van der Waals surface area (Å²) >= 11 is 1.42. The van der Waals surface area contributed by atoms with Crippen molar-refractivity contribution in [3.05, 3.63) is 0 Å². The van der Waals surface area contributed by atoms with E-state index in [1.807, 2.05) is 0 Å². The molecule has 1 aliphatic heterocycles. The van der Waals surface area contributed by atoms with E-state index < -0.39 is 23.7 Å². The summed E-state index contributed by atoms with van der Waals surface area (Å²) in [7, 11) is 0. The van der Waals surface area contributed by atoms with Crippen LogP contribution in [0.5, 0.6) is 0 Å². The minimum Gasteiger partial charge on any atom is -0.480 e. The Bertz CT molecular complexity index is 274. The number of carboxylic acids is 1. The van der Waals surface area contributed by atoms with Crippen molar-refractivity contribution in [1.29, 1.82) is 0 Å². The number of carbonyl (C=O) groups is 2. The van der Waals surface area contributed by atoms with E-state index in [0.717, 1.165) is 0 Å². The summed E-state index contributed by atoms with van der Waals surface area (Å²) in [6.07, 6.45) is -0.556. The first kappa shape index (κ1) is 12.2. The molecule has 1 heterocycles. The van der Waals surface area contributed by atoms with Gasteiger partial charge in [-0.2, -0.15) is 0 Å². The fourth-order valence-corrected chi connectivity index (χ4v) is 2.28. The number of carbonyl (C=O) groups excluding carboxylic acids is 1. The Hall–Kier alpha value is -0.910. The molecule has 15 heavy (non-hydrogen) atoms. The predicted molar refractivity (Wildman–Crippen MR) is 56.8 cm³/mol. The Balaban J connectivity index is 2.63. The molecular formula is C9H15NO4S. The van der Waals surface area contributed by atoms with Crippen molar-refractivity contribution in [2.75, 3.05) is 11.6 Å². The van der Waals surface area contributed by atoms with E-state index in [1.54, 1.807) is 20.8 Å². The van der Waals surface area contributed by atoms with E-state index in [-0.39, 0.29) is 0 Å². The van der Waals surface area contributed by atoms with Crippen LogP contribution in [-0.4, -0.2) is 45.3 Å². The quantitative estimate of drug-likeness (QED) is 0.741. The number of ether oxygens (including phenoxy) is 1. The van der Waals surface area contributed by atoms with Gasteiger partial charge in [-0.15, -0.1) is 11.8 Å². The molecule has 1 atom stereocenters. The molecule has 86 valence electrons. The second-order valence-electron chi connectivity index (χ2n) is 4.30. The summed E-state index contributed by atoms with van der Waals surface area (Å²) in [6.45, 7) is 5.26. The van der Waals surface area contributed by atoms with E-state index in [4.69, 9.17) is 9.84 Å². The van der Waals surface area contributed by atoms with Gasteiger partial charge in [-0.3, -0.25) is 4.90 Å². The van der Waals surface area contributed by atoms with Crippen molar-refractivity contribution in [2.24, 2.45) is 0 Å². The maximum atomic E-state index is 11.6. The zero-order chi connectivity index (χ0) is 11.6. The Kier molecular flexibility index (Phi) is 3.49. The van der Waals surface area contributed by atoms with Crippen LogP contribution < -0.4 is 0 Å². The molecule has 0 spiro atoms. The molecule has 0 saturated carbocycles. The van der Waals surface area contributed by atoms with Gasteiger partial charge in [0.15, 0.2) is 0 Å². The molecule has 1 fully saturated rings. The highest BCUT2D eigenvalue weighted by molar-refractivity contribution is 7.99. The molecule has 6 heteroatoms. The van der Waals surface area contributed by atoms with E-state index in [9.17, 15) is 9.59 Å². The zero-order valence-corrected chi connectivity index (χ0v) is 9.84. The van der Waals surface area contributed by atoms with Gasteiger partial charge in [0.05, 0.1) is 5.88 Å². The van der Waals surface area contributed by atoms with E-state index in [2.05, 4.69) is 0 Å². The highest BCUT2D eigenvalue weighted by Gasteiger charge is 2.36. The van der Waals surface area contributed by atoms with Crippen molar-refractivity contribution < 1.29 is 19.4 Å². The monoisotopic (exact) mass is 233 g/mol. The summed E-state index contributed by atoms with van der Waals surface area (Å²) in [5.74, 6) is -0.175. The molecule has 0 bridgehead atoms. The van der Waals surface area contributed by atoms with Crippen LogP contribution in [0.3, 0.4) is 0 Å². The van der Waals surface area contributed by atoms with Crippen LogP contribution in [0.2, 0.25) is 0 Å². The number of amides is 1. The van der Waals surface area contributed by atoms with Crippen LogP contribution in [0.15, 0.2) is 0 Å². The Labute approximate surface area is 92.8 Å². The van der Waals surface area contributed by atoms with Crippen LogP contribution in [0.25, 0.3) is 0 Å². The number of carboxylic acid groups (broad SMARTS) is 1. The number of thioether (sulfide) groups is 1. The normalized spacial score (nSPS) is 21.5. The lowest BCUT2D eigenvalue weighted by Gasteiger charge is -2.26. The summed E-state index contributed by atoms with van der Waals surface area (Å²) < 4.78 is 5.11. The van der Waals surface area contributed by atoms with Crippen molar-refractivity contribution in [3.63, 3.8) is 0 Å². The van der Waals surface area contributed by atoms with Crippen molar-refractivity contribution in [3.8, 4) is 0 Å². The van der Waals surface area contributed by atoms with Crippen LogP contribution in [-0.2, 0) is 9.53 Å². The molecule has 1 rings (SSSR count). The maximum Gasteiger partial charge on any atom is 0.411 e. The highest BCUT2D eigenvalue weighted by atomic mass is 32.2. The maximum absolute atomic E-state index is 11.6. The Morgan fingerprint density at radius 2 is 2.07 bits per heavy atom. The summed E-state index contributed by atoms with van der Waals surface area (Å²) in [5.41, 5.74) is -0.590. The first-order chi connectivity index (χ1) is 6.81. The van der Waals surface area contributed by atoms with Gasteiger partial charge in [0.1, 0.15) is 11.6 Å². The van der Waals surface area contributed by atoms with Gasteiger partial charge < -0.3 is 9.84 Å². The van der Waals surface area contributed by atoms with Crippen LogP contribution in [0.4, 0.5) is 4.79 Å². The van der Waals surface area contributed by atoms with Gasteiger partial charge in [0.25, 0.3) is 0 Å². The SMILES string of the molecule is CC(C)(C)OC(=O)N1CSC[C@@H]1C(=O)O. The van der Waals surface area contributed by atoms with E-state index >= 15 is 0 Å². The molecule has 0 aromatic rings. The Morgan fingerprint density at radius 1 is 1.47 bits per heavy atom. The Morgan fingerprint density at radius 3 is 2.53 bits per heavy atom. The molecule has 1 N–H and O–H groups in total. The van der Waals surface area contributed by atoms with Gasteiger partial charge in [-0.05, 0) is 20.8 Å². The standard InChI is InChI=1S/C9H15NO4S/c1-9(2,3)14-8(13)10-5-15-4-6(10)7(11)12/h6H,4-5H2,1-3H3,(H,11,12)/t6-/m1/s1. The summed E-state index contributed by atoms with van der Waals surface area (Å²) in [5, 5.41) is 8.87. The van der Waals surface area contributed by atoms with Crippen molar-refractivity contribution in [1.82, 2.24) is 4.90 Å². The number of hydrogen-bond donors (Lipinski definition) is 1. The molecule has 1 saturated heterocycles. The minimum absolute atomic E-state index is 0.381. The molecule has 0 aromatic heterocycles. The molecule has 0 radical (unpaired) electrons. The molecule has 1 aliphatic rings. The third-order valence-electron chi connectivity index (χ3n) is 1.80. The molecule has 5 nitrogen and oxygen atoms in total. The highest BCUT2D eigenvalue weighted by Crippen LogP contribution is 2.23. The molecule has 1 amide bonds. The van der Waals surface area contributed by atoms with E-state index in [1.165, 1.54) is 16.7 Å². The van der Waals surface area contributed by atoms with Gasteiger partial charge in [0, 0.05) is 5.75 Å². The molecule has 0 aliphatic carbocycles. The third-order valence-corrected chi connectivity index (χ3v) is 2.81. The lowest BCUT2D eigenvalue weighted by molar-refractivity contribution is -0.141. The fourth-order valence-electron chi connectivity index (χ4n) is 1.15. The van der Waals surface area contributed by atoms with Gasteiger partial charge in [0.2, 0.25) is 0 Å². The van der Waals surface area contributed by atoms with E-state index in [0.29, 0.717) is 11.6 Å². The average molecular weight is 233 g/mol. The zero-order valence-electron chi connectivity index (χ0n) is 9.02. The largest absolute Gasteiger partial charge is 0.480 e. The van der Waals surface area contributed by atoms with Crippen LogP contribution in [0, 0.1) is 0 Å². The first-order valence-electron chi connectivity index (χ1n) is 4.61. The number of aliphatic carboxylic acids is 1. The number of hydrogen-bond acceptors (Lipinski definition) is 4.